The molecule has 0 aromatic heterocycles. The van der Waals surface area contributed by atoms with Crippen molar-refractivity contribution in [1.82, 2.24) is 4.90 Å². The lowest BCUT2D eigenvalue weighted by Crippen LogP contribution is -2.26. The third kappa shape index (κ3) is 4.91. The largest absolute Gasteiger partial charge is 0.490 e. The van der Waals surface area contributed by atoms with Gasteiger partial charge in [-0.3, -0.25) is 4.79 Å². The summed E-state index contributed by atoms with van der Waals surface area (Å²) in [5, 5.41) is 0. The number of benzene rings is 1. The molecule has 1 aromatic carbocycles. The van der Waals surface area contributed by atoms with Crippen LogP contribution in [0.1, 0.15) is 30.6 Å². The summed E-state index contributed by atoms with van der Waals surface area (Å²) < 4.78 is 11.2. The molecule has 0 aliphatic carbocycles. The number of carbonyl (C=O) groups excluding carboxylic acids is 1. The van der Waals surface area contributed by atoms with Crippen LogP contribution in [0.2, 0.25) is 0 Å². The summed E-state index contributed by atoms with van der Waals surface area (Å²) >= 11 is 0. The van der Waals surface area contributed by atoms with Crippen molar-refractivity contribution in [2.45, 2.75) is 26.3 Å². The second-order valence-electron chi connectivity index (χ2n) is 4.71. The summed E-state index contributed by atoms with van der Waals surface area (Å²) in [5.74, 6) is 1.32. The van der Waals surface area contributed by atoms with Gasteiger partial charge in [0.05, 0.1) is 13.2 Å². The number of rotatable bonds is 8. The van der Waals surface area contributed by atoms with Crippen LogP contribution in [0.3, 0.4) is 0 Å². The van der Waals surface area contributed by atoms with Crippen LogP contribution in [0, 0.1) is 0 Å². The highest BCUT2D eigenvalue weighted by Crippen LogP contribution is 2.28. The summed E-state index contributed by atoms with van der Waals surface area (Å²) in [6.07, 6.45) is 1.74. The third-order valence-electron chi connectivity index (χ3n) is 3.08. The molecule has 0 heterocycles. The third-order valence-corrected chi connectivity index (χ3v) is 3.08. The quantitative estimate of drug-likeness (QED) is 0.677. The Hall–Kier alpha value is -1.55. The molecule has 0 aliphatic heterocycles. The van der Waals surface area contributed by atoms with Crippen LogP contribution in [0.15, 0.2) is 18.2 Å². The Morgan fingerprint density at radius 1 is 1.26 bits per heavy atom. The van der Waals surface area contributed by atoms with Gasteiger partial charge >= 0.3 is 0 Å². The molecule has 106 valence electrons. The molecule has 1 atom stereocenters. The van der Waals surface area contributed by atoms with Gasteiger partial charge in [-0.25, -0.2) is 0 Å². The topological polar surface area (TPSA) is 38.8 Å². The van der Waals surface area contributed by atoms with Crippen LogP contribution >= 0.6 is 0 Å². The summed E-state index contributed by atoms with van der Waals surface area (Å²) in [6, 6.07) is 5.70. The lowest BCUT2D eigenvalue weighted by Gasteiger charge is -2.20. The van der Waals surface area contributed by atoms with Gasteiger partial charge in [-0.15, -0.1) is 0 Å². The molecule has 1 unspecified atom stereocenters. The molecular weight excluding hydrogens is 242 g/mol. The summed E-state index contributed by atoms with van der Waals surface area (Å²) in [5.41, 5.74) is 0.595. The van der Waals surface area contributed by atoms with E-state index in [2.05, 4.69) is 25.9 Å². The SMILES string of the molecule is CCOc1cc(C=O)ccc1OCCC(C)N(C)C. The zero-order valence-electron chi connectivity index (χ0n) is 12.2. The Labute approximate surface area is 115 Å². The number of nitrogens with zero attached hydrogens (tertiary/aromatic N) is 1. The van der Waals surface area contributed by atoms with E-state index in [4.69, 9.17) is 9.47 Å². The number of ether oxygens (including phenoxy) is 2. The second-order valence-corrected chi connectivity index (χ2v) is 4.71. The lowest BCUT2D eigenvalue weighted by molar-refractivity contribution is 0.112. The van der Waals surface area contributed by atoms with Crippen LogP contribution in [0.25, 0.3) is 0 Å². The van der Waals surface area contributed by atoms with Crippen molar-refractivity contribution in [1.29, 1.82) is 0 Å². The molecule has 0 saturated heterocycles. The average Bonchev–Trinajstić information content (AvgIpc) is 2.40. The van der Waals surface area contributed by atoms with Gasteiger partial charge in [-0.05, 0) is 52.6 Å². The summed E-state index contributed by atoms with van der Waals surface area (Å²) in [4.78, 5) is 12.9. The fourth-order valence-electron chi connectivity index (χ4n) is 1.58. The fourth-order valence-corrected chi connectivity index (χ4v) is 1.58. The molecule has 0 aliphatic rings. The normalized spacial score (nSPS) is 12.3. The van der Waals surface area contributed by atoms with Gasteiger partial charge < -0.3 is 14.4 Å². The molecule has 0 spiro atoms. The van der Waals surface area contributed by atoms with Gasteiger partial charge in [0.2, 0.25) is 0 Å². The smallest absolute Gasteiger partial charge is 0.161 e. The van der Waals surface area contributed by atoms with E-state index >= 15 is 0 Å². The molecule has 0 N–H and O–H groups in total. The van der Waals surface area contributed by atoms with Gasteiger partial charge in [-0.1, -0.05) is 0 Å². The van der Waals surface area contributed by atoms with E-state index in [9.17, 15) is 4.79 Å². The Morgan fingerprint density at radius 3 is 2.58 bits per heavy atom. The minimum Gasteiger partial charge on any atom is -0.490 e. The van der Waals surface area contributed by atoms with Crippen molar-refractivity contribution in [3.05, 3.63) is 23.8 Å². The van der Waals surface area contributed by atoms with Crippen molar-refractivity contribution in [2.24, 2.45) is 0 Å². The van der Waals surface area contributed by atoms with E-state index in [1.54, 1.807) is 18.2 Å². The summed E-state index contributed by atoms with van der Waals surface area (Å²) in [6.45, 7) is 5.24. The van der Waals surface area contributed by atoms with Crippen LogP contribution in [0.4, 0.5) is 0 Å². The molecular formula is C15H23NO3. The number of aldehydes is 1. The maximum absolute atomic E-state index is 10.8. The van der Waals surface area contributed by atoms with Gasteiger partial charge in [0.1, 0.15) is 6.29 Å². The van der Waals surface area contributed by atoms with Crippen molar-refractivity contribution in [3.8, 4) is 11.5 Å². The molecule has 0 bridgehead atoms. The van der Waals surface area contributed by atoms with E-state index in [0.717, 1.165) is 12.7 Å². The highest BCUT2D eigenvalue weighted by atomic mass is 16.5. The minimum atomic E-state index is 0.463. The average molecular weight is 265 g/mol. The Morgan fingerprint density at radius 2 is 2.00 bits per heavy atom. The Bertz CT molecular complexity index is 404. The first-order chi connectivity index (χ1) is 9.08. The Kier molecular flexibility index (Phi) is 6.36. The molecule has 4 nitrogen and oxygen atoms in total. The number of hydrogen-bond acceptors (Lipinski definition) is 4. The van der Waals surface area contributed by atoms with Gasteiger partial charge in [0, 0.05) is 11.6 Å². The first kappa shape index (κ1) is 15.5. The van der Waals surface area contributed by atoms with Gasteiger partial charge in [-0.2, -0.15) is 0 Å². The van der Waals surface area contributed by atoms with Crippen LogP contribution in [0.5, 0.6) is 11.5 Å². The molecule has 1 rings (SSSR count). The van der Waals surface area contributed by atoms with Crippen molar-refractivity contribution in [3.63, 3.8) is 0 Å². The zero-order valence-corrected chi connectivity index (χ0v) is 12.2. The monoisotopic (exact) mass is 265 g/mol. The van der Waals surface area contributed by atoms with Crippen molar-refractivity contribution < 1.29 is 14.3 Å². The molecule has 1 aromatic rings. The molecule has 4 heteroatoms. The first-order valence-electron chi connectivity index (χ1n) is 6.59. The Balaban J connectivity index is 2.64. The molecule has 0 amide bonds. The van der Waals surface area contributed by atoms with Crippen molar-refractivity contribution >= 4 is 6.29 Å². The summed E-state index contributed by atoms with van der Waals surface area (Å²) in [7, 11) is 4.10. The first-order valence-corrected chi connectivity index (χ1v) is 6.59. The van der Waals surface area contributed by atoms with Crippen LogP contribution in [-0.4, -0.2) is 44.5 Å². The predicted molar refractivity (Wildman–Crippen MR) is 76.3 cm³/mol. The van der Waals surface area contributed by atoms with E-state index in [1.165, 1.54) is 0 Å². The maximum Gasteiger partial charge on any atom is 0.161 e. The maximum atomic E-state index is 10.8. The lowest BCUT2D eigenvalue weighted by atomic mass is 10.2. The number of hydrogen-bond donors (Lipinski definition) is 0. The molecule has 0 saturated carbocycles. The van der Waals surface area contributed by atoms with Gasteiger partial charge in [0.25, 0.3) is 0 Å². The molecule has 19 heavy (non-hydrogen) atoms. The predicted octanol–water partition coefficient (Wildman–Crippen LogP) is 2.62. The number of carbonyl (C=O) groups is 1. The highest BCUT2D eigenvalue weighted by molar-refractivity contribution is 5.76. The van der Waals surface area contributed by atoms with Crippen molar-refractivity contribution in [2.75, 3.05) is 27.3 Å². The van der Waals surface area contributed by atoms with E-state index in [0.29, 0.717) is 36.3 Å². The molecule has 0 fully saturated rings. The zero-order chi connectivity index (χ0) is 14.3. The van der Waals surface area contributed by atoms with Gasteiger partial charge in [0.15, 0.2) is 11.5 Å². The van der Waals surface area contributed by atoms with E-state index in [1.807, 2.05) is 6.92 Å². The van der Waals surface area contributed by atoms with Crippen LogP contribution in [-0.2, 0) is 0 Å². The van der Waals surface area contributed by atoms with Crippen LogP contribution < -0.4 is 9.47 Å². The highest BCUT2D eigenvalue weighted by Gasteiger charge is 2.08. The van der Waals surface area contributed by atoms with E-state index in [-0.39, 0.29) is 0 Å². The fraction of sp³-hybridized carbons (Fsp3) is 0.533. The standard InChI is InChI=1S/C15H23NO3/c1-5-18-15-10-13(11-17)6-7-14(15)19-9-8-12(2)16(3)4/h6-7,10-12H,5,8-9H2,1-4H3. The molecule has 0 radical (unpaired) electrons. The second kappa shape index (κ2) is 7.79. The minimum absolute atomic E-state index is 0.463. The van der Waals surface area contributed by atoms with E-state index < -0.39 is 0 Å².